The van der Waals surface area contributed by atoms with E-state index in [0.717, 1.165) is 47.5 Å². The number of ether oxygens (including phenoxy) is 5. The zero-order valence-corrected chi connectivity index (χ0v) is 39.2. The third-order valence-corrected chi connectivity index (χ3v) is 20.2. The first-order chi connectivity index (χ1) is 28.2. The highest BCUT2D eigenvalue weighted by molar-refractivity contribution is 7.91. The number of sulfone groups is 1. The van der Waals surface area contributed by atoms with Crippen LogP contribution in [-0.2, 0) is 39.8 Å². The summed E-state index contributed by atoms with van der Waals surface area (Å²) >= 11 is 0. The number of anilines is 1. The number of fused-ring (bicyclic) bond motifs is 1. The number of methoxy groups -OCH3 is 2. The first-order valence-corrected chi connectivity index (χ1v) is 25.4. The van der Waals surface area contributed by atoms with E-state index in [0.29, 0.717) is 80.8 Å². The predicted molar refractivity (Wildman–Crippen MR) is 240 cm³/mol. The fraction of sp³-hybridized carbons (Fsp3) is 0.617. The molecular formula is C47H72N2O8SSi. The molecule has 2 heterocycles. The minimum Gasteiger partial charge on any atom is -0.490 e. The van der Waals surface area contributed by atoms with Gasteiger partial charge in [0.1, 0.15) is 12.4 Å². The van der Waals surface area contributed by atoms with E-state index in [-0.39, 0.29) is 16.9 Å². The highest BCUT2D eigenvalue weighted by atomic mass is 32.2. The van der Waals surface area contributed by atoms with E-state index in [1.165, 1.54) is 0 Å². The largest absolute Gasteiger partial charge is 0.490 e. The van der Waals surface area contributed by atoms with Crippen LogP contribution in [0, 0.1) is 12.8 Å². The number of hydrogen-bond acceptors (Lipinski definition) is 10. The van der Waals surface area contributed by atoms with Crippen LogP contribution in [0.5, 0.6) is 5.75 Å². The van der Waals surface area contributed by atoms with Gasteiger partial charge in [0.25, 0.3) is 0 Å². The van der Waals surface area contributed by atoms with Crippen molar-refractivity contribution in [1.82, 2.24) is 5.32 Å². The quantitative estimate of drug-likeness (QED) is 0.0778. The molecule has 10 nitrogen and oxygen atoms in total. The van der Waals surface area contributed by atoms with E-state index in [2.05, 4.69) is 82.9 Å². The Labute approximate surface area is 356 Å². The number of aryl methyl sites for hydroxylation is 1. The Morgan fingerprint density at radius 3 is 2.22 bits per heavy atom. The minimum atomic E-state index is -4.01. The molecule has 1 unspecified atom stereocenters. The summed E-state index contributed by atoms with van der Waals surface area (Å²) in [5.41, 5.74) is 4.77. The molecule has 5 atom stereocenters. The van der Waals surface area contributed by atoms with Gasteiger partial charge in [-0.25, -0.2) is 8.42 Å². The molecule has 12 heteroatoms. The van der Waals surface area contributed by atoms with Gasteiger partial charge in [0.15, 0.2) is 13.8 Å². The molecule has 59 heavy (non-hydrogen) atoms. The smallest absolute Gasteiger partial charge is 0.209 e. The van der Waals surface area contributed by atoms with Crippen LogP contribution in [0.4, 0.5) is 5.69 Å². The van der Waals surface area contributed by atoms with Crippen LogP contribution in [0.3, 0.4) is 0 Å². The maximum atomic E-state index is 14.9. The van der Waals surface area contributed by atoms with Crippen LogP contribution in [0.2, 0.25) is 16.6 Å². The Morgan fingerprint density at radius 2 is 1.58 bits per heavy atom. The van der Waals surface area contributed by atoms with Crippen molar-refractivity contribution in [2.45, 2.75) is 120 Å². The molecule has 0 bridgehead atoms. The number of benzene rings is 3. The number of piperidine rings is 1. The van der Waals surface area contributed by atoms with Crippen LogP contribution < -0.4 is 15.0 Å². The van der Waals surface area contributed by atoms with Crippen LogP contribution in [-0.4, -0.2) is 95.8 Å². The molecule has 1 saturated heterocycles. The summed E-state index contributed by atoms with van der Waals surface area (Å²) in [6.45, 7) is 23.5. The zero-order valence-electron chi connectivity index (χ0n) is 37.4. The van der Waals surface area contributed by atoms with Gasteiger partial charge < -0.3 is 38.3 Å². The van der Waals surface area contributed by atoms with Crippen molar-refractivity contribution in [2.75, 3.05) is 71.8 Å². The fourth-order valence-corrected chi connectivity index (χ4v) is 16.4. The average molecular weight is 853 g/mol. The van der Waals surface area contributed by atoms with Gasteiger partial charge in [0.2, 0.25) is 9.84 Å². The van der Waals surface area contributed by atoms with Crippen molar-refractivity contribution in [3.8, 4) is 5.75 Å². The molecule has 0 radical (unpaired) electrons. The predicted octanol–water partition coefficient (Wildman–Crippen LogP) is 9.22. The summed E-state index contributed by atoms with van der Waals surface area (Å²) in [5.74, 6) is 0.947. The second-order valence-corrected chi connectivity index (χ2v) is 25.1. The molecule has 3 aromatic carbocycles. The molecular weight excluding hydrogens is 781 g/mol. The lowest BCUT2D eigenvalue weighted by atomic mass is 9.84. The summed E-state index contributed by atoms with van der Waals surface area (Å²) in [4.78, 5) is 2.48. The molecule has 0 aliphatic carbocycles. The summed E-state index contributed by atoms with van der Waals surface area (Å²) in [6, 6.07) is 21.4. The van der Waals surface area contributed by atoms with Crippen molar-refractivity contribution in [3.05, 3.63) is 89.0 Å². The molecule has 0 aromatic heterocycles. The molecule has 3 aromatic rings. The molecule has 1 N–H and O–H groups in total. The molecule has 0 saturated carbocycles. The van der Waals surface area contributed by atoms with E-state index in [1.54, 1.807) is 26.4 Å². The second-order valence-electron chi connectivity index (χ2n) is 17.7. The number of nitrogens with one attached hydrogen (secondary N) is 1. The van der Waals surface area contributed by atoms with Gasteiger partial charge in [-0.15, -0.1) is 0 Å². The number of rotatable bonds is 22. The maximum Gasteiger partial charge on any atom is 0.209 e. The Bertz CT molecular complexity index is 1820. The van der Waals surface area contributed by atoms with Crippen molar-refractivity contribution >= 4 is 23.8 Å². The summed E-state index contributed by atoms with van der Waals surface area (Å²) in [6.07, 6.45) is 1.12. The Morgan fingerprint density at radius 1 is 0.881 bits per heavy atom. The van der Waals surface area contributed by atoms with E-state index >= 15 is 0 Å². The van der Waals surface area contributed by atoms with Gasteiger partial charge in [-0.05, 0) is 77.3 Å². The molecule has 0 amide bonds. The minimum absolute atomic E-state index is 0.0713. The zero-order chi connectivity index (χ0) is 42.7. The van der Waals surface area contributed by atoms with Crippen molar-refractivity contribution < 1.29 is 36.5 Å². The second kappa shape index (κ2) is 21.8. The van der Waals surface area contributed by atoms with Gasteiger partial charge in [-0.3, -0.25) is 0 Å². The highest BCUT2D eigenvalue weighted by Gasteiger charge is 2.46. The first kappa shape index (κ1) is 47.2. The molecule has 2 aliphatic heterocycles. The van der Waals surface area contributed by atoms with Gasteiger partial charge in [-0.2, -0.15) is 0 Å². The third-order valence-electron chi connectivity index (χ3n) is 12.3. The van der Waals surface area contributed by atoms with Gasteiger partial charge in [0, 0.05) is 58.4 Å². The molecule has 5 rings (SSSR count). The average Bonchev–Trinajstić information content (AvgIpc) is 3.20. The van der Waals surface area contributed by atoms with Gasteiger partial charge >= 0.3 is 0 Å². The standard InChI is InChI=1S/C47H72N2O8SSi/c1-33(2)59(34(3)4,35(5)6)56-32-41-27-43(39-16-14-38(15-17-39)31-54-30-37(8)29-53-10)46(28-48-41)57-47(58(50,51)42-19-12-36(7)13-20-42)40-18-21-45-44(26-40)49(23-25-55-45)22-11-24-52-9/h12-21,26,33-35,37,41,43,46-48H,11,22-25,27-32H2,1-10H3/t37-,41-,43+,46-,47?/m0/s1. The molecule has 2 aliphatic rings. The first-order valence-electron chi connectivity index (χ1n) is 21.7. The van der Waals surface area contributed by atoms with Crippen molar-refractivity contribution in [3.63, 3.8) is 0 Å². The van der Waals surface area contributed by atoms with Crippen molar-refractivity contribution in [2.24, 2.45) is 5.92 Å². The summed E-state index contributed by atoms with van der Waals surface area (Å²) in [5, 5.41) is 3.77. The lowest BCUT2D eigenvalue weighted by molar-refractivity contribution is -0.00985. The van der Waals surface area contributed by atoms with E-state index in [1.807, 2.05) is 37.3 Å². The van der Waals surface area contributed by atoms with Crippen LogP contribution in [0.1, 0.15) is 94.9 Å². The fourth-order valence-electron chi connectivity index (χ4n) is 9.31. The van der Waals surface area contributed by atoms with Gasteiger partial charge in [0.05, 0.1) is 43.1 Å². The Balaban J connectivity index is 1.50. The van der Waals surface area contributed by atoms with Crippen LogP contribution in [0.25, 0.3) is 0 Å². The van der Waals surface area contributed by atoms with E-state index in [4.69, 9.17) is 28.1 Å². The number of hydrogen-bond donors (Lipinski definition) is 1. The SMILES string of the molecule is COCCCN1CCOc2ccc(C(O[C@H]3CN[C@H](CO[Si](C(C)C)(C(C)C)C(C)C)C[C@@H]3c3ccc(COC[C@@H](C)COC)cc3)S(=O)(=O)c3ccc(C)cc3)cc21. The molecule has 328 valence electrons. The van der Waals surface area contributed by atoms with E-state index in [9.17, 15) is 8.42 Å². The van der Waals surface area contributed by atoms with Crippen LogP contribution in [0.15, 0.2) is 71.6 Å². The third kappa shape index (κ3) is 11.8. The summed E-state index contributed by atoms with van der Waals surface area (Å²) < 4.78 is 66.7. The highest BCUT2D eigenvalue weighted by Crippen LogP contribution is 2.44. The molecule has 1 fully saturated rings. The maximum absolute atomic E-state index is 14.9. The van der Waals surface area contributed by atoms with E-state index < -0.39 is 29.7 Å². The van der Waals surface area contributed by atoms with Crippen molar-refractivity contribution in [1.29, 1.82) is 0 Å². The van der Waals surface area contributed by atoms with Crippen LogP contribution >= 0.6 is 0 Å². The lowest BCUT2D eigenvalue weighted by Crippen LogP contribution is -2.54. The summed E-state index contributed by atoms with van der Waals surface area (Å²) in [7, 11) is -2.72. The Hall–Kier alpha value is -2.81. The topological polar surface area (TPSA) is 105 Å². The number of nitrogens with zero attached hydrogens (tertiary/aromatic N) is 1. The monoisotopic (exact) mass is 852 g/mol. The molecule has 0 spiro atoms. The van der Waals surface area contributed by atoms with Gasteiger partial charge in [-0.1, -0.05) is 96.5 Å². The normalized spacial score (nSPS) is 19.9. The Kier molecular flexibility index (Phi) is 17.5. The lowest BCUT2D eigenvalue weighted by Gasteiger charge is -2.44.